The minimum absolute atomic E-state index is 0.605. The van der Waals surface area contributed by atoms with E-state index in [1.54, 1.807) is 18.4 Å². The van der Waals surface area contributed by atoms with E-state index in [9.17, 15) is 0 Å². The molecule has 0 N–H and O–H groups in total. The van der Waals surface area contributed by atoms with Gasteiger partial charge in [-0.3, -0.25) is 0 Å². The average molecular weight is 319 g/mol. The zero-order valence-corrected chi connectivity index (χ0v) is 11.7. The second-order valence-electron chi connectivity index (χ2n) is 3.11. The van der Waals surface area contributed by atoms with Crippen molar-refractivity contribution in [1.29, 1.82) is 0 Å². The van der Waals surface area contributed by atoms with Crippen LogP contribution >= 0.6 is 38.9 Å². The number of halogens is 2. The summed E-state index contributed by atoms with van der Waals surface area (Å²) in [4.78, 5) is 4.47. The van der Waals surface area contributed by atoms with Crippen LogP contribution in [0.15, 0.2) is 23.6 Å². The van der Waals surface area contributed by atoms with E-state index in [1.165, 1.54) is 0 Å². The highest BCUT2D eigenvalue weighted by atomic mass is 79.9. The summed E-state index contributed by atoms with van der Waals surface area (Å²) in [6.07, 6.45) is 0. The lowest BCUT2D eigenvalue weighted by Gasteiger charge is -2.03. The highest BCUT2D eigenvalue weighted by molar-refractivity contribution is 9.08. The molecule has 0 fully saturated rings. The quantitative estimate of drug-likeness (QED) is 0.784. The summed E-state index contributed by atoms with van der Waals surface area (Å²) < 4.78 is 5.10. The summed E-state index contributed by atoms with van der Waals surface area (Å²) in [6.45, 7) is 0. The van der Waals surface area contributed by atoms with Crippen molar-refractivity contribution in [3.05, 3.63) is 33.6 Å². The van der Waals surface area contributed by atoms with Gasteiger partial charge < -0.3 is 4.74 Å². The first-order valence-corrected chi connectivity index (χ1v) is 6.97. The summed E-state index contributed by atoms with van der Waals surface area (Å²) >= 11 is 11.1. The van der Waals surface area contributed by atoms with Crippen LogP contribution in [-0.4, -0.2) is 12.1 Å². The Morgan fingerprint density at radius 2 is 2.31 bits per heavy atom. The van der Waals surface area contributed by atoms with Gasteiger partial charge in [0.1, 0.15) is 10.8 Å². The molecule has 2 aromatic rings. The van der Waals surface area contributed by atoms with Crippen molar-refractivity contribution in [1.82, 2.24) is 4.98 Å². The molecule has 0 aliphatic carbocycles. The van der Waals surface area contributed by atoms with Crippen LogP contribution in [0.5, 0.6) is 5.75 Å². The first kappa shape index (κ1) is 11.9. The predicted octanol–water partition coefficient (Wildman–Crippen LogP) is 4.37. The molecule has 2 nitrogen and oxygen atoms in total. The minimum Gasteiger partial charge on any atom is -0.495 e. The Balaban J connectivity index is 2.37. The minimum atomic E-state index is 0.605. The van der Waals surface area contributed by atoms with E-state index in [-0.39, 0.29) is 0 Å². The van der Waals surface area contributed by atoms with Crippen molar-refractivity contribution >= 4 is 38.9 Å². The van der Waals surface area contributed by atoms with Crippen LogP contribution in [0.2, 0.25) is 5.02 Å². The molecule has 0 aliphatic heterocycles. The fourth-order valence-electron chi connectivity index (χ4n) is 1.33. The zero-order valence-electron chi connectivity index (χ0n) is 8.54. The molecular weight excluding hydrogens is 310 g/mol. The molecule has 0 bridgehead atoms. The maximum atomic E-state index is 6.06. The molecule has 0 aliphatic rings. The molecule has 0 saturated heterocycles. The number of rotatable bonds is 3. The number of nitrogens with zero attached hydrogens (tertiary/aromatic N) is 1. The molecule has 5 heteroatoms. The summed E-state index contributed by atoms with van der Waals surface area (Å²) in [5.74, 6) is 0.682. The van der Waals surface area contributed by atoms with Gasteiger partial charge in [-0.1, -0.05) is 27.5 Å². The second kappa shape index (κ2) is 5.17. The lowest BCUT2D eigenvalue weighted by molar-refractivity contribution is 0.415. The number of hydrogen-bond donors (Lipinski definition) is 0. The Hall–Kier alpha value is -0.580. The third kappa shape index (κ3) is 2.39. The van der Waals surface area contributed by atoms with E-state index in [0.717, 1.165) is 21.6 Å². The maximum Gasteiger partial charge on any atom is 0.137 e. The number of thiazole rings is 1. The fourth-order valence-corrected chi connectivity index (χ4v) is 2.76. The van der Waals surface area contributed by atoms with Crippen molar-refractivity contribution in [3.63, 3.8) is 0 Å². The molecule has 0 radical (unpaired) electrons. The number of alkyl halides is 1. The van der Waals surface area contributed by atoms with Crippen LogP contribution in [0.3, 0.4) is 0 Å². The van der Waals surface area contributed by atoms with Crippen LogP contribution in [0, 0.1) is 0 Å². The van der Waals surface area contributed by atoms with Gasteiger partial charge in [0.05, 0.1) is 23.2 Å². The molecule has 1 heterocycles. The van der Waals surface area contributed by atoms with E-state index < -0.39 is 0 Å². The Labute approximate surface area is 111 Å². The highest BCUT2D eigenvalue weighted by Gasteiger charge is 2.07. The smallest absolute Gasteiger partial charge is 0.137 e. The zero-order chi connectivity index (χ0) is 11.5. The SMILES string of the molecule is COc1ccc(-c2csc(CBr)n2)cc1Cl. The normalized spacial score (nSPS) is 10.4. The van der Waals surface area contributed by atoms with E-state index >= 15 is 0 Å². The third-order valence-electron chi connectivity index (χ3n) is 2.11. The first-order valence-electron chi connectivity index (χ1n) is 4.59. The van der Waals surface area contributed by atoms with E-state index in [1.807, 2.05) is 23.6 Å². The fraction of sp³-hybridized carbons (Fsp3) is 0.182. The van der Waals surface area contributed by atoms with Gasteiger partial charge in [-0.2, -0.15) is 0 Å². The summed E-state index contributed by atoms with van der Waals surface area (Å²) in [5, 5.41) is 4.46. The average Bonchev–Trinajstić information content (AvgIpc) is 2.77. The Morgan fingerprint density at radius 1 is 1.50 bits per heavy atom. The van der Waals surface area contributed by atoms with Crippen LogP contribution in [0.1, 0.15) is 5.01 Å². The molecule has 0 spiro atoms. The number of methoxy groups -OCH3 is 1. The molecule has 1 aromatic carbocycles. The molecule has 1 aromatic heterocycles. The Bertz CT molecular complexity index is 500. The van der Waals surface area contributed by atoms with Crippen molar-refractivity contribution in [3.8, 4) is 17.0 Å². The van der Waals surface area contributed by atoms with Gasteiger partial charge in [-0.05, 0) is 18.2 Å². The number of hydrogen-bond acceptors (Lipinski definition) is 3. The second-order valence-corrected chi connectivity index (χ2v) is 5.02. The first-order chi connectivity index (χ1) is 7.74. The van der Waals surface area contributed by atoms with Gasteiger partial charge in [0, 0.05) is 10.9 Å². The van der Waals surface area contributed by atoms with Crippen LogP contribution in [0.4, 0.5) is 0 Å². The Kier molecular flexibility index (Phi) is 3.84. The van der Waals surface area contributed by atoms with Crippen LogP contribution < -0.4 is 4.74 Å². The summed E-state index contributed by atoms with van der Waals surface area (Å²) in [5.41, 5.74) is 1.96. The van der Waals surface area contributed by atoms with Crippen molar-refractivity contribution < 1.29 is 4.74 Å². The summed E-state index contributed by atoms with van der Waals surface area (Å²) in [7, 11) is 1.60. The van der Waals surface area contributed by atoms with E-state index in [0.29, 0.717) is 10.8 Å². The molecule has 16 heavy (non-hydrogen) atoms. The van der Waals surface area contributed by atoms with Gasteiger partial charge in [0.15, 0.2) is 0 Å². The van der Waals surface area contributed by atoms with Crippen molar-refractivity contribution in [2.24, 2.45) is 0 Å². The molecular formula is C11H9BrClNOS. The molecule has 2 rings (SSSR count). The standard InChI is InChI=1S/C11H9BrClNOS/c1-15-10-3-2-7(4-8(10)13)9-6-16-11(5-12)14-9/h2-4,6H,5H2,1H3. The Morgan fingerprint density at radius 3 is 2.88 bits per heavy atom. The van der Waals surface area contributed by atoms with E-state index in [4.69, 9.17) is 16.3 Å². The molecule has 0 amide bonds. The van der Waals surface area contributed by atoms with Gasteiger partial charge in [-0.15, -0.1) is 11.3 Å². The lowest BCUT2D eigenvalue weighted by Crippen LogP contribution is -1.85. The van der Waals surface area contributed by atoms with Crippen molar-refractivity contribution in [2.45, 2.75) is 5.33 Å². The molecule has 0 atom stereocenters. The largest absolute Gasteiger partial charge is 0.495 e. The molecule has 0 unspecified atom stereocenters. The van der Waals surface area contributed by atoms with E-state index in [2.05, 4.69) is 20.9 Å². The van der Waals surface area contributed by atoms with Gasteiger partial charge in [-0.25, -0.2) is 4.98 Å². The van der Waals surface area contributed by atoms with Gasteiger partial charge >= 0.3 is 0 Å². The number of ether oxygens (including phenoxy) is 1. The monoisotopic (exact) mass is 317 g/mol. The third-order valence-corrected chi connectivity index (χ3v) is 4.16. The maximum absolute atomic E-state index is 6.06. The molecule has 84 valence electrons. The number of benzene rings is 1. The van der Waals surface area contributed by atoms with Gasteiger partial charge in [0.2, 0.25) is 0 Å². The summed E-state index contributed by atoms with van der Waals surface area (Å²) in [6, 6.07) is 5.68. The van der Waals surface area contributed by atoms with Crippen LogP contribution in [0.25, 0.3) is 11.3 Å². The predicted molar refractivity (Wildman–Crippen MR) is 71.7 cm³/mol. The topological polar surface area (TPSA) is 22.1 Å². The van der Waals surface area contributed by atoms with Crippen LogP contribution in [-0.2, 0) is 5.33 Å². The lowest BCUT2D eigenvalue weighted by atomic mass is 10.2. The number of aromatic nitrogens is 1. The highest BCUT2D eigenvalue weighted by Crippen LogP contribution is 2.30. The molecule has 0 saturated carbocycles. The van der Waals surface area contributed by atoms with Crippen molar-refractivity contribution in [2.75, 3.05) is 7.11 Å². The van der Waals surface area contributed by atoms with Gasteiger partial charge in [0.25, 0.3) is 0 Å².